The van der Waals surface area contributed by atoms with E-state index >= 15 is 0 Å². The molecule has 0 aromatic heterocycles. The summed E-state index contributed by atoms with van der Waals surface area (Å²) in [5.74, 6) is 0.102. The Morgan fingerprint density at radius 3 is 2.89 bits per heavy atom. The number of nitrogens with one attached hydrogen (secondary N) is 1. The fraction of sp³-hybridized carbons (Fsp3) is 0.400. The van der Waals surface area contributed by atoms with Crippen LogP contribution in [0.4, 0.5) is 4.39 Å². The van der Waals surface area contributed by atoms with Crippen molar-refractivity contribution in [1.29, 1.82) is 0 Å². The lowest BCUT2D eigenvalue weighted by molar-refractivity contribution is -0.112. The summed E-state index contributed by atoms with van der Waals surface area (Å²) >= 11 is 0. The first kappa shape index (κ1) is 15.4. The van der Waals surface area contributed by atoms with Crippen LogP contribution in [0.1, 0.15) is 26.3 Å². The molecule has 104 valence electrons. The Labute approximate surface area is 113 Å². The molecule has 1 aromatic rings. The summed E-state index contributed by atoms with van der Waals surface area (Å²) in [6, 6.07) is 4.52. The number of benzene rings is 1. The first-order valence-corrected chi connectivity index (χ1v) is 6.38. The highest BCUT2D eigenvalue weighted by molar-refractivity contribution is 5.91. The average molecular weight is 265 g/mol. The molecule has 0 saturated heterocycles. The van der Waals surface area contributed by atoms with E-state index in [4.69, 9.17) is 4.74 Å². The Hall–Kier alpha value is -1.68. The summed E-state index contributed by atoms with van der Waals surface area (Å²) in [4.78, 5) is 10.9. The molecule has 0 amide bonds. The predicted molar refractivity (Wildman–Crippen MR) is 74.7 cm³/mol. The molecule has 3 nitrogen and oxygen atoms in total. The van der Waals surface area contributed by atoms with E-state index in [0.29, 0.717) is 11.3 Å². The molecule has 1 atom stereocenters. The number of hydrogen-bond acceptors (Lipinski definition) is 3. The minimum atomic E-state index is -0.371. The van der Waals surface area contributed by atoms with Crippen molar-refractivity contribution in [2.75, 3.05) is 13.1 Å². The molecule has 1 N–H and O–H groups in total. The van der Waals surface area contributed by atoms with Crippen LogP contribution in [-0.4, -0.2) is 25.0 Å². The van der Waals surface area contributed by atoms with E-state index in [1.165, 1.54) is 25.1 Å². The molecule has 0 unspecified atom stereocenters. The number of likely N-dealkylation sites (N-methyl/N-ethyl adjacent to an activating group) is 1. The van der Waals surface area contributed by atoms with Gasteiger partial charge in [0.05, 0.1) is 0 Å². The molecule has 0 aliphatic carbocycles. The third kappa shape index (κ3) is 5.66. The van der Waals surface area contributed by atoms with Crippen molar-refractivity contribution in [3.05, 3.63) is 35.7 Å². The van der Waals surface area contributed by atoms with E-state index in [1.54, 1.807) is 12.1 Å². The van der Waals surface area contributed by atoms with Crippen LogP contribution in [0.5, 0.6) is 5.75 Å². The van der Waals surface area contributed by atoms with Crippen LogP contribution in [0.15, 0.2) is 24.3 Å². The van der Waals surface area contributed by atoms with Gasteiger partial charge in [0.25, 0.3) is 0 Å². The van der Waals surface area contributed by atoms with Crippen LogP contribution in [0.25, 0.3) is 6.08 Å². The number of halogens is 1. The van der Waals surface area contributed by atoms with Crippen LogP contribution in [-0.2, 0) is 4.79 Å². The van der Waals surface area contributed by atoms with Gasteiger partial charge in [0.1, 0.15) is 17.7 Å². The molecule has 0 bridgehead atoms. The molecule has 4 heteroatoms. The van der Waals surface area contributed by atoms with Crippen molar-refractivity contribution in [3.63, 3.8) is 0 Å². The molecule has 0 spiro atoms. The molecule has 0 radical (unpaired) electrons. The second-order valence-corrected chi connectivity index (χ2v) is 4.36. The first-order chi connectivity index (χ1) is 9.02. The van der Waals surface area contributed by atoms with Gasteiger partial charge in [-0.3, -0.25) is 4.79 Å². The van der Waals surface area contributed by atoms with Gasteiger partial charge in [-0.1, -0.05) is 6.92 Å². The first-order valence-electron chi connectivity index (χ1n) is 6.38. The smallest absolute Gasteiger partial charge is 0.152 e. The summed E-state index contributed by atoms with van der Waals surface area (Å²) in [6.07, 6.45) is 2.79. The molecule has 19 heavy (non-hydrogen) atoms. The highest BCUT2D eigenvalue weighted by atomic mass is 19.1. The zero-order chi connectivity index (χ0) is 14.3. The van der Waals surface area contributed by atoms with Gasteiger partial charge in [0, 0.05) is 12.1 Å². The van der Waals surface area contributed by atoms with Crippen LogP contribution in [0, 0.1) is 5.82 Å². The highest BCUT2D eigenvalue weighted by Gasteiger charge is 2.06. The van der Waals surface area contributed by atoms with E-state index in [2.05, 4.69) is 5.32 Å². The summed E-state index contributed by atoms with van der Waals surface area (Å²) in [6.45, 7) is 7.00. The van der Waals surface area contributed by atoms with Crippen molar-refractivity contribution >= 4 is 11.9 Å². The number of ketones is 1. The fourth-order valence-electron chi connectivity index (χ4n) is 1.55. The van der Waals surface area contributed by atoms with Crippen molar-refractivity contribution in [1.82, 2.24) is 5.32 Å². The van der Waals surface area contributed by atoms with Gasteiger partial charge < -0.3 is 10.1 Å². The van der Waals surface area contributed by atoms with Crippen molar-refractivity contribution in [3.8, 4) is 5.75 Å². The zero-order valence-electron chi connectivity index (χ0n) is 11.6. The van der Waals surface area contributed by atoms with Gasteiger partial charge in [-0.25, -0.2) is 4.39 Å². The van der Waals surface area contributed by atoms with E-state index in [-0.39, 0.29) is 17.7 Å². The Morgan fingerprint density at radius 1 is 1.53 bits per heavy atom. The third-order valence-corrected chi connectivity index (χ3v) is 2.48. The molecular formula is C15H20FNO2. The van der Waals surface area contributed by atoms with Gasteiger partial charge in [-0.2, -0.15) is 0 Å². The molecular weight excluding hydrogens is 245 g/mol. The number of carbonyl (C=O) groups excluding carboxylic acids is 1. The van der Waals surface area contributed by atoms with Crippen LogP contribution in [0.2, 0.25) is 0 Å². The van der Waals surface area contributed by atoms with Crippen molar-refractivity contribution in [2.24, 2.45) is 0 Å². The molecule has 1 rings (SSSR count). The van der Waals surface area contributed by atoms with E-state index in [1.807, 2.05) is 13.8 Å². The number of carbonyl (C=O) groups is 1. The molecule has 0 heterocycles. The van der Waals surface area contributed by atoms with Gasteiger partial charge in [-0.05, 0) is 50.7 Å². The normalized spacial score (nSPS) is 12.6. The maximum Gasteiger partial charge on any atom is 0.152 e. The Kier molecular flexibility index (Phi) is 6.22. The molecule has 1 aromatic carbocycles. The quantitative estimate of drug-likeness (QED) is 0.770. The lowest BCUT2D eigenvalue weighted by Crippen LogP contribution is -2.28. The summed E-state index contributed by atoms with van der Waals surface area (Å²) < 4.78 is 19.2. The lowest BCUT2D eigenvalue weighted by Gasteiger charge is -2.15. The minimum absolute atomic E-state index is 0.00459. The molecule has 0 saturated carbocycles. The molecule has 0 aliphatic heterocycles. The van der Waals surface area contributed by atoms with Gasteiger partial charge in [-0.15, -0.1) is 0 Å². The topological polar surface area (TPSA) is 38.3 Å². The third-order valence-electron chi connectivity index (χ3n) is 2.48. The number of allylic oxidation sites excluding steroid dienone is 1. The summed E-state index contributed by atoms with van der Waals surface area (Å²) in [5, 5.41) is 3.18. The highest BCUT2D eigenvalue weighted by Crippen LogP contribution is 2.19. The van der Waals surface area contributed by atoms with Gasteiger partial charge >= 0.3 is 0 Å². The number of rotatable bonds is 7. The molecule has 0 aliphatic rings. The Morgan fingerprint density at radius 2 is 2.26 bits per heavy atom. The zero-order valence-corrected chi connectivity index (χ0v) is 11.6. The second-order valence-electron chi connectivity index (χ2n) is 4.36. The van der Waals surface area contributed by atoms with E-state index < -0.39 is 0 Å². The average Bonchev–Trinajstić information content (AvgIpc) is 2.37. The Balaban J connectivity index is 2.75. The minimum Gasteiger partial charge on any atom is -0.489 e. The number of ether oxygens (including phenoxy) is 1. The predicted octanol–water partition coefficient (Wildman–Crippen LogP) is 2.80. The summed E-state index contributed by atoms with van der Waals surface area (Å²) in [7, 11) is 0. The monoisotopic (exact) mass is 265 g/mol. The van der Waals surface area contributed by atoms with Crippen LogP contribution >= 0.6 is 0 Å². The fourth-order valence-corrected chi connectivity index (χ4v) is 1.55. The second kappa shape index (κ2) is 7.69. The maximum absolute atomic E-state index is 13.5. The van der Waals surface area contributed by atoms with Crippen LogP contribution in [0.3, 0.4) is 0 Å². The van der Waals surface area contributed by atoms with Crippen LogP contribution < -0.4 is 10.1 Å². The van der Waals surface area contributed by atoms with Gasteiger partial charge in [0.2, 0.25) is 0 Å². The number of hydrogen-bond donors (Lipinski definition) is 1. The van der Waals surface area contributed by atoms with E-state index in [0.717, 1.165) is 13.1 Å². The lowest BCUT2D eigenvalue weighted by atomic mass is 10.1. The maximum atomic E-state index is 13.5. The van der Waals surface area contributed by atoms with Crippen molar-refractivity contribution < 1.29 is 13.9 Å². The Bertz CT molecular complexity index is 457. The van der Waals surface area contributed by atoms with Crippen molar-refractivity contribution in [2.45, 2.75) is 26.9 Å². The standard InChI is InChI=1S/C15H20FNO2/c1-4-17-10-12(3)19-14-7-8-15(16)13(9-14)6-5-11(2)18/h5-9,12,17H,4,10H2,1-3H3/b6-5+/t12-/m1/s1. The summed E-state index contributed by atoms with van der Waals surface area (Å²) in [5.41, 5.74) is 0.350. The SMILES string of the molecule is CCNC[C@@H](C)Oc1ccc(F)c(/C=C/C(C)=O)c1. The molecule has 0 fully saturated rings. The van der Waals surface area contributed by atoms with Gasteiger partial charge in [0.15, 0.2) is 5.78 Å². The largest absolute Gasteiger partial charge is 0.489 e. The van der Waals surface area contributed by atoms with E-state index in [9.17, 15) is 9.18 Å².